The molecule has 0 bridgehead atoms. The SMILES string of the molecule is COc1cccc(CNc2nc3c(c(=O)n2-c2ccccc2)CN(C(=O)Nc2ccc(Cl)cc2Cl)CC3)c1. The van der Waals surface area contributed by atoms with Gasteiger partial charge in [0, 0.05) is 24.5 Å². The number of carbonyl (C=O) groups is 1. The van der Waals surface area contributed by atoms with E-state index in [-0.39, 0.29) is 18.1 Å². The Hall–Kier alpha value is -4.01. The number of halogens is 2. The minimum Gasteiger partial charge on any atom is -0.497 e. The summed E-state index contributed by atoms with van der Waals surface area (Å²) in [5.74, 6) is 1.19. The fourth-order valence-corrected chi connectivity index (χ4v) is 4.79. The van der Waals surface area contributed by atoms with E-state index in [1.165, 1.54) is 0 Å². The zero-order valence-electron chi connectivity index (χ0n) is 20.6. The second-order valence-corrected chi connectivity index (χ2v) is 9.61. The van der Waals surface area contributed by atoms with E-state index < -0.39 is 0 Å². The maximum absolute atomic E-state index is 13.8. The summed E-state index contributed by atoms with van der Waals surface area (Å²) >= 11 is 12.2. The molecule has 0 fully saturated rings. The van der Waals surface area contributed by atoms with Crippen molar-refractivity contribution >= 4 is 40.9 Å². The Balaban J connectivity index is 1.44. The minimum absolute atomic E-state index is 0.126. The number of urea groups is 1. The highest BCUT2D eigenvalue weighted by atomic mass is 35.5. The van der Waals surface area contributed by atoms with Gasteiger partial charge in [0.2, 0.25) is 5.95 Å². The highest BCUT2D eigenvalue weighted by Crippen LogP contribution is 2.27. The molecule has 2 N–H and O–H groups in total. The van der Waals surface area contributed by atoms with Gasteiger partial charge in [-0.3, -0.25) is 4.79 Å². The van der Waals surface area contributed by atoms with Crippen molar-refractivity contribution in [2.24, 2.45) is 0 Å². The molecule has 1 aromatic heterocycles. The highest BCUT2D eigenvalue weighted by molar-refractivity contribution is 6.36. The van der Waals surface area contributed by atoms with Gasteiger partial charge in [0.1, 0.15) is 5.75 Å². The molecule has 0 radical (unpaired) electrons. The quantitative estimate of drug-likeness (QED) is 0.319. The Morgan fingerprint density at radius 2 is 1.87 bits per heavy atom. The summed E-state index contributed by atoms with van der Waals surface area (Å²) < 4.78 is 6.87. The summed E-state index contributed by atoms with van der Waals surface area (Å²) in [5, 5.41) is 6.94. The van der Waals surface area contributed by atoms with Crippen molar-refractivity contribution < 1.29 is 9.53 Å². The van der Waals surface area contributed by atoms with E-state index in [2.05, 4.69) is 10.6 Å². The topological polar surface area (TPSA) is 88.5 Å². The second kappa shape index (κ2) is 11.2. The number of carbonyl (C=O) groups excluding carboxylic acids is 1. The van der Waals surface area contributed by atoms with Gasteiger partial charge < -0.3 is 20.3 Å². The van der Waals surface area contributed by atoms with Gasteiger partial charge in [0.05, 0.1) is 41.3 Å². The van der Waals surface area contributed by atoms with Gasteiger partial charge in [-0.05, 0) is 48.0 Å². The fourth-order valence-electron chi connectivity index (χ4n) is 4.33. The van der Waals surface area contributed by atoms with E-state index in [9.17, 15) is 9.59 Å². The van der Waals surface area contributed by atoms with E-state index in [0.29, 0.717) is 58.1 Å². The monoisotopic (exact) mass is 549 g/mol. The smallest absolute Gasteiger partial charge is 0.322 e. The summed E-state index contributed by atoms with van der Waals surface area (Å²) in [4.78, 5) is 33.3. The van der Waals surface area contributed by atoms with Crippen LogP contribution in [0, 0.1) is 0 Å². The van der Waals surface area contributed by atoms with Crippen LogP contribution in [0.1, 0.15) is 16.8 Å². The fraction of sp³-hybridized carbons (Fsp3) is 0.179. The first-order chi connectivity index (χ1) is 18.4. The number of amides is 2. The molecule has 0 saturated carbocycles. The molecule has 194 valence electrons. The standard InChI is InChI=1S/C28H25Cl2N5O3/c1-38-21-9-5-6-18(14-21)16-31-27-32-24-12-13-34(28(37)33-25-11-10-19(29)15-23(25)30)17-22(24)26(36)35(27)20-7-3-2-4-8-20/h2-11,14-15H,12-13,16-17H2,1H3,(H,31,32)(H,33,37). The molecular weight excluding hydrogens is 525 g/mol. The van der Waals surface area contributed by atoms with Crippen molar-refractivity contribution in [3.63, 3.8) is 0 Å². The van der Waals surface area contributed by atoms with Crippen LogP contribution in [0.15, 0.2) is 77.6 Å². The van der Waals surface area contributed by atoms with Gasteiger partial charge in [-0.1, -0.05) is 53.5 Å². The van der Waals surface area contributed by atoms with Crippen LogP contribution < -0.4 is 20.9 Å². The van der Waals surface area contributed by atoms with E-state index in [0.717, 1.165) is 11.3 Å². The van der Waals surface area contributed by atoms with Gasteiger partial charge in [-0.15, -0.1) is 0 Å². The van der Waals surface area contributed by atoms with Crippen molar-refractivity contribution in [1.82, 2.24) is 14.5 Å². The molecule has 4 aromatic rings. The summed E-state index contributed by atoms with van der Waals surface area (Å²) in [6, 6.07) is 21.5. The number of rotatable bonds is 6. The largest absolute Gasteiger partial charge is 0.497 e. The molecular formula is C28H25Cl2N5O3. The van der Waals surface area contributed by atoms with Crippen LogP contribution in [0.5, 0.6) is 5.75 Å². The predicted octanol–water partition coefficient (Wildman–Crippen LogP) is 5.75. The van der Waals surface area contributed by atoms with E-state index in [1.807, 2.05) is 54.6 Å². The lowest BCUT2D eigenvalue weighted by Gasteiger charge is -2.29. The van der Waals surface area contributed by atoms with Crippen molar-refractivity contribution in [3.05, 3.63) is 110 Å². The Kier molecular flexibility index (Phi) is 7.53. The predicted molar refractivity (Wildman–Crippen MR) is 150 cm³/mol. The van der Waals surface area contributed by atoms with Crippen molar-refractivity contribution in [3.8, 4) is 11.4 Å². The molecule has 1 aliphatic heterocycles. The molecule has 38 heavy (non-hydrogen) atoms. The maximum atomic E-state index is 13.8. The number of aromatic nitrogens is 2. The Morgan fingerprint density at radius 1 is 1.05 bits per heavy atom. The number of ether oxygens (including phenoxy) is 1. The van der Waals surface area contributed by atoms with Crippen molar-refractivity contribution in [2.45, 2.75) is 19.5 Å². The normalized spacial score (nSPS) is 12.6. The van der Waals surface area contributed by atoms with E-state index in [4.69, 9.17) is 32.9 Å². The molecule has 2 heterocycles. The Labute approximate surface area is 229 Å². The number of para-hydroxylation sites is 1. The molecule has 8 nitrogen and oxygen atoms in total. The molecule has 0 aliphatic carbocycles. The molecule has 5 rings (SSSR count). The third kappa shape index (κ3) is 5.46. The molecule has 0 spiro atoms. The minimum atomic E-state index is -0.356. The molecule has 0 saturated heterocycles. The molecule has 10 heteroatoms. The first kappa shape index (κ1) is 25.6. The lowest BCUT2D eigenvalue weighted by molar-refractivity contribution is 0.205. The number of anilines is 2. The number of nitrogens with one attached hydrogen (secondary N) is 2. The van der Waals surface area contributed by atoms with Crippen LogP contribution in [-0.4, -0.2) is 34.1 Å². The summed E-state index contributed by atoms with van der Waals surface area (Å²) in [7, 11) is 1.62. The number of nitrogens with zero attached hydrogens (tertiary/aromatic N) is 3. The third-order valence-electron chi connectivity index (χ3n) is 6.29. The molecule has 2 amide bonds. The van der Waals surface area contributed by atoms with Gasteiger partial charge in [-0.2, -0.15) is 0 Å². The van der Waals surface area contributed by atoms with Crippen LogP contribution in [0.25, 0.3) is 5.69 Å². The van der Waals surface area contributed by atoms with Gasteiger partial charge >= 0.3 is 6.03 Å². The van der Waals surface area contributed by atoms with Crippen molar-refractivity contribution in [1.29, 1.82) is 0 Å². The van der Waals surface area contributed by atoms with Gasteiger partial charge in [0.15, 0.2) is 0 Å². The van der Waals surface area contributed by atoms with Crippen LogP contribution >= 0.6 is 23.2 Å². The zero-order valence-corrected chi connectivity index (χ0v) is 22.1. The van der Waals surface area contributed by atoms with E-state index >= 15 is 0 Å². The average molecular weight is 550 g/mol. The maximum Gasteiger partial charge on any atom is 0.322 e. The molecule has 1 aliphatic rings. The first-order valence-corrected chi connectivity index (χ1v) is 12.8. The van der Waals surface area contributed by atoms with E-state index in [1.54, 1.807) is 34.8 Å². The zero-order chi connectivity index (χ0) is 26.6. The number of methoxy groups -OCH3 is 1. The van der Waals surface area contributed by atoms with Crippen LogP contribution in [0.2, 0.25) is 10.0 Å². The number of hydrogen-bond acceptors (Lipinski definition) is 5. The average Bonchev–Trinajstić information content (AvgIpc) is 2.94. The Bertz CT molecular complexity index is 1540. The van der Waals surface area contributed by atoms with Crippen LogP contribution in [-0.2, 0) is 19.5 Å². The molecule has 0 unspecified atom stereocenters. The first-order valence-electron chi connectivity index (χ1n) is 12.0. The third-order valence-corrected chi connectivity index (χ3v) is 6.84. The summed E-state index contributed by atoms with van der Waals surface area (Å²) in [6.45, 7) is 0.980. The number of fused-ring (bicyclic) bond motifs is 1. The van der Waals surface area contributed by atoms with Crippen LogP contribution in [0.4, 0.5) is 16.4 Å². The number of hydrogen-bond donors (Lipinski definition) is 2. The molecule has 0 atom stereocenters. The summed E-state index contributed by atoms with van der Waals surface area (Å²) in [6.07, 6.45) is 0.440. The lowest BCUT2D eigenvalue weighted by Crippen LogP contribution is -2.43. The lowest BCUT2D eigenvalue weighted by atomic mass is 10.1. The number of benzene rings is 3. The van der Waals surface area contributed by atoms with Crippen molar-refractivity contribution in [2.75, 3.05) is 24.3 Å². The van der Waals surface area contributed by atoms with Gasteiger partial charge in [0.25, 0.3) is 5.56 Å². The van der Waals surface area contributed by atoms with Gasteiger partial charge in [-0.25, -0.2) is 14.3 Å². The second-order valence-electron chi connectivity index (χ2n) is 8.77. The molecule has 3 aromatic carbocycles. The highest BCUT2D eigenvalue weighted by Gasteiger charge is 2.27. The van der Waals surface area contributed by atoms with Crippen LogP contribution in [0.3, 0.4) is 0 Å². The Morgan fingerprint density at radius 3 is 2.63 bits per heavy atom. The summed E-state index contributed by atoms with van der Waals surface area (Å²) in [5.41, 5.74) is 3.03.